The zero-order valence-corrected chi connectivity index (χ0v) is 9.90. The van der Waals surface area contributed by atoms with Crippen molar-refractivity contribution in [1.82, 2.24) is 0 Å². The third kappa shape index (κ3) is 4.51. The maximum absolute atomic E-state index is 11.2. The Morgan fingerprint density at radius 2 is 1.82 bits per heavy atom. The van der Waals surface area contributed by atoms with Crippen molar-refractivity contribution in [3.63, 3.8) is 0 Å². The summed E-state index contributed by atoms with van der Waals surface area (Å²) in [5.74, 6) is -0.845. The predicted octanol–water partition coefficient (Wildman–Crippen LogP) is 1.79. The van der Waals surface area contributed by atoms with E-state index in [1.54, 1.807) is 24.3 Å². The number of benzene rings is 1. The van der Waals surface area contributed by atoms with Crippen LogP contribution >= 0.6 is 0 Å². The molecule has 0 fully saturated rings. The Bertz CT molecular complexity index is 442. The molecule has 4 heteroatoms. The highest BCUT2D eigenvalue weighted by molar-refractivity contribution is 5.92. The van der Waals surface area contributed by atoms with E-state index in [-0.39, 0.29) is 12.6 Å². The van der Waals surface area contributed by atoms with E-state index >= 15 is 0 Å². The largest absolute Gasteiger partial charge is 0.458 e. The van der Waals surface area contributed by atoms with Gasteiger partial charge < -0.3 is 10.5 Å². The molecule has 0 aliphatic carbocycles. The number of ether oxygens (including phenoxy) is 1. The SMILES string of the molecule is CC(C)=CC(=O)OCc1ccc(C(N)=O)cc1. The molecule has 1 rings (SSSR count). The van der Waals surface area contributed by atoms with E-state index in [2.05, 4.69) is 0 Å². The number of primary amides is 1. The third-order valence-corrected chi connectivity index (χ3v) is 2.03. The van der Waals surface area contributed by atoms with Crippen molar-refractivity contribution in [3.8, 4) is 0 Å². The van der Waals surface area contributed by atoms with Gasteiger partial charge in [-0.25, -0.2) is 4.79 Å². The van der Waals surface area contributed by atoms with Crippen LogP contribution in [0.25, 0.3) is 0 Å². The summed E-state index contributed by atoms with van der Waals surface area (Å²) in [6.07, 6.45) is 1.43. The summed E-state index contributed by atoms with van der Waals surface area (Å²) in [7, 11) is 0. The van der Waals surface area contributed by atoms with Gasteiger partial charge in [0.2, 0.25) is 5.91 Å². The summed E-state index contributed by atoms with van der Waals surface area (Å²) in [6, 6.07) is 6.62. The van der Waals surface area contributed by atoms with Crippen LogP contribution in [0.2, 0.25) is 0 Å². The number of allylic oxidation sites excluding steroid dienone is 1. The Labute approximate surface area is 100 Å². The molecule has 4 nitrogen and oxygen atoms in total. The average molecular weight is 233 g/mol. The first-order chi connectivity index (χ1) is 7.99. The molecular weight excluding hydrogens is 218 g/mol. The smallest absolute Gasteiger partial charge is 0.331 e. The van der Waals surface area contributed by atoms with Crippen molar-refractivity contribution >= 4 is 11.9 Å². The number of hydrogen-bond donors (Lipinski definition) is 1. The third-order valence-electron chi connectivity index (χ3n) is 2.03. The maximum Gasteiger partial charge on any atom is 0.331 e. The second-order valence-corrected chi connectivity index (χ2v) is 3.89. The molecule has 0 spiro atoms. The van der Waals surface area contributed by atoms with Crippen LogP contribution in [0.1, 0.15) is 29.8 Å². The quantitative estimate of drug-likeness (QED) is 0.636. The zero-order valence-electron chi connectivity index (χ0n) is 9.90. The predicted molar refractivity (Wildman–Crippen MR) is 64.2 cm³/mol. The van der Waals surface area contributed by atoms with Crippen molar-refractivity contribution in [2.75, 3.05) is 0 Å². The minimum absolute atomic E-state index is 0.182. The van der Waals surface area contributed by atoms with Crippen LogP contribution in [0.3, 0.4) is 0 Å². The van der Waals surface area contributed by atoms with E-state index in [9.17, 15) is 9.59 Å². The molecular formula is C13H15NO3. The van der Waals surface area contributed by atoms with Crippen LogP contribution in [0.15, 0.2) is 35.9 Å². The molecule has 1 amide bonds. The Kier molecular flexibility index (Phi) is 4.46. The Morgan fingerprint density at radius 3 is 2.29 bits per heavy atom. The van der Waals surface area contributed by atoms with Crippen LogP contribution < -0.4 is 5.73 Å². The highest BCUT2D eigenvalue weighted by Crippen LogP contribution is 2.05. The van der Waals surface area contributed by atoms with Gasteiger partial charge in [0.1, 0.15) is 6.61 Å². The van der Waals surface area contributed by atoms with E-state index in [1.165, 1.54) is 6.08 Å². The normalized spacial score (nSPS) is 9.53. The fraction of sp³-hybridized carbons (Fsp3) is 0.231. The van der Waals surface area contributed by atoms with E-state index in [0.717, 1.165) is 11.1 Å². The molecule has 0 radical (unpaired) electrons. The molecule has 0 saturated carbocycles. The second kappa shape index (κ2) is 5.84. The van der Waals surface area contributed by atoms with Crippen molar-refractivity contribution in [2.24, 2.45) is 5.73 Å². The minimum atomic E-state index is -0.474. The van der Waals surface area contributed by atoms with E-state index in [4.69, 9.17) is 10.5 Å². The van der Waals surface area contributed by atoms with Crippen molar-refractivity contribution in [3.05, 3.63) is 47.0 Å². The molecule has 0 aromatic heterocycles. The van der Waals surface area contributed by atoms with Gasteiger partial charge in [0, 0.05) is 11.6 Å². The van der Waals surface area contributed by atoms with Gasteiger partial charge in [-0.2, -0.15) is 0 Å². The average Bonchev–Trinajstić information content (AvgIpc) is 2.26. The molecule has 0 aliphatic heterocycles. The number of esters is 1. The Balaban J connectivity index is 2.56. The molecule has 0 heterocycles. The number of amides is 1. The van der Waals surface area contributed by atoms with Gasteiger partial charge in [-0.05, 0) is 31.5 Å². The molecule has 1 aromatic carbocycles. The first kappa shape index (κ1) is 13.0. The summed E-state index contributed by atoms with van der Waals surface area (Å²) in [4.78, 5) is 22.1. The second-order valence-electron chi connectivity index (χ2n) is 3.89. The van der Waals surface area contributed by atoms with Gasteiger partial charge in [0.05, 0.1) is 0 Å². The molecule has 0 bridgehead atoms. The highest BCUT2D eigenvalue weighted by atomic mass is 16.5. The summed E-state index contributed by atoms with van der Waals surface area (Å²) in [6.45, 7) is 3.83. The van der Waals surface area contributed by atoms with Gasteiger partial charge in [-0.15, -0.1) is 0 Å². The van der Waals surface area contributed by atoms with Crippen LogP contribution in [-0.4, -0.2) is 11.9 Å². The summed E-state index contributed by atoms with van der Waals surface area (Å²) < 4.78 is 5.01. The lowest BCUT2D eigenvalue weighted by Gasteiger charge is -2.03. The molecule has 0 atom stereocenters. The first-order valence-corrected chi connectivity index (χ1v) is 5.19. The summed E-state index contributed by atoms with van der Waals surface area (Å²) >= 11 is 0. The van der Waals surface area contributed by atoms with E-state index < -0.39 is 5.91 Å². The zero-order chi connectivity index (χ0) is 12.8. The first-order valence-electron chi connectivity index (χ1n) is 5.19. The van der Waals surface area contributed by atoms with Gasteiger partial charge in [0.25, 0.3) is 0 Å². The highest BCUT2D eigenvalue weighted by Gasteiger charge is 2.02. The Morgan fingerprint density at radius 1 is 1.24 bits per heavy atom. The van der Waals surface area contributed by atoms with Gasteiger partial charge in [-0.3, -0.25) is 4.79 Å². The number of hydrogen-bond acceptors (Lipinski definition) is 3. The van der Waals surface area contributed by atoms with Crippen molar-refractivity contribution in [1.29, 1.82) is 0 Å². The van der Waals surface area contributed by atoms with Gasteiger partial charge in [0.15, 0.2) is 0 Å². The van der Waals surface area contributed by atoms with Crippen LogP contribution in [0, 0.1) is 0 Å². The number of carbonyl (C=O) groups is 2. The molecule has 0 saturated heterocycles. The molecule has 0 aliphatic rings. The topological polar surface area (TPSA) is 69.4 Å². The fourth-order valence-electron chi connectivity index (χ4n) is 1.20. The monoisotopic (exact) mass is 233 g/mol. The van der Waals surface area contributed by atoms with Gasteiger partial charge >= 0.3 is 5.97 Å². The number of nitrogens with two attached hydrogens (primary N) is 1. The summed E-state index contributed by atoms with van der Waals surface area (Å²) in [5, 5.41) is 0. The molecule has 2 N–H and O–H groups in total. The fourth-order valence-corrected chi connectivity index (χ4v) is 1.20. The van der Waals surface area contributed by atoms with Crippen LogP contribution in [0.4, 0.5) is 0 Å². The van der Waals surface area contributed by atoms with Crippen LogP contribution in [-0.2, 0) is 16.1 Å². The number of rotatable bonds is 4. The lowest BCUT2D eigenvalue weighted by molar-refractivity contribution is -0.139. The number of carbonyl (C=O) groups excluding carboxylic acids is 2. The molecule has 17 heavy (non-hydrogen) atoms. The standard InChI is InChI=1S/C13H15NO3/c1-9(2)7-12(15)17-8-10-3-5-11(6-4-10)13(14)16/h3-7H,8H2,1-2H3,(H2,14,16). The van der Waals surface area contributed by atoms with Crippen molar-refractivity contribution in [2.45, 2.75) is 20.5 Å². The molecule has 1 aromatic rings. The molecule has 0 unspecified atom stereocenters. The van der Waals surface area contributed by atoms with E-state index in [0.29, 0.717) is 5.56 Å². The lowest BCUT2D eigenvalue weighted by Crippen LogP contribution is -2.10. The molecule has 90 valence electrons. The lowest BCUT2D eigenvalue weighted by atomic mass is 10.1. The summed E-state index contributed by atoms with van der Waals surface area (Å²) in [5.41, 5.74) is 7.24. The van der Waals surface area contributed by atoms with Gasteiger partial charge in [-0.1, -0.05) is 17.7 Å². The minimum Gasteiger partial charge on any atom is -0.458 e. The van der Waals surface area contributed by atoms with Crippen LogP contribution in [0.5, 0.6) is 0 Å². The Hall–Kier alpha value is -2.10. The van der Waals surface area contributed by atoms with E-state index in [1.807, 2.05) is 13.8 Å². The van der Waals surface area contributed by atoms with Crippen molar-refractivity contribution < 1.29 is 14.3 Å². The maximum atomic E-state index is 11.2.